The first-order valence-corrected chi connectivity index (χ1v) is 9.06. The summed E-state index contributed by atoms with van der Waals surface area (Å²) in [6, 6.07) is 15.6. The Balaban J connectivity index is 1.74. The van der Waals surface area contributed by atoms with Crippen molar-refractivity contribution in [1.82, 2.24) is 5.32 Å². The summed E-state index contributed by atoms with van der Waals surface area (Å²) in [7, 11) is 0. The van der Waals surface area contributed by atoms with Gasteiger partial charge in [-0.05, 0) is 57.2 Å². The molecule has 0 bridgehead atoms. The van der Waals surface area contributed by atoms with Crippen molar-refractivity contribution in [2.75, 3.05) is 23.8 Å². The number of para-hydroxylation sites is 1. The minimum absolute atomic E-state index is 0.112. The highest BCUT2D eigenvalue weighted by Crippen LogP contribution is 2.14. The van der Waals surface area contributed by atoms with Crippen LogP contribution in [0.5, 0.6) is 5.75 Å². The van der Waals surface area contributed by atoms with Gasteiger partial charge in [-0.15, -0.1) is 0 Å². The van der Waals surface area contributed by atoms with Crippen LogP contribution in [0.2, 0.25) is 0 Å². The van der Waals surface area contributed by atoms with Gasteiger partial charge < -0.3 is 25.4 Å². The SMILES string of the molecule is CC(C)(C)OC(=O)NCC(=O)Nc1ccc(NC(=O)COc2ccccc2)cc1. The fourth-order valence-electron chi connectivity index (χ4n) is 2.17. The summed E-state index contributed by atoms with van der Waals surface area (Å²) >= 11 is 0. The Bertz CT molecular complexity index is 830. The number of benzene rings is 2. The van der Waals surface area contributed by atoms with E-state index in [-0.39, 0.29) is 19.1 Å². The molecule has 0 aliphatic carbocycles. The van der Waals surface area contributed by atoms with Crippen LogP contribution in [0.1, 0.15) is 20.8 Å². The van der Waals surface area contributed by atoms with E-state index in [2.05, 4.69) is 16.0 Å². The molecule has 2 aromatic carbocycles. The van der Waals surface area contributed by atoms with Crippen molar-refractivity contribution in [2.45, 2.75) is 26.4 Å². The molecule has 0 aliphatic heterocycles. The van der Waals surface area contributed by atoms with Gasteiger partial charge in [-0.3, -0.25) is 9.59 Å². The Kier molecular flexibility index (Phi) is 7.59. The number of rotatable bonds is 7. The van der Waals surface area contributed by atoms with Crippen LogP contribution in [0, 0.1) is 0 Å². The molecule has 0 saturated carbocycles. The predicted molar refractivity (Wildman–Crippen MR) is 110 cm³/mol. The normalized spacial score (nSPS) is 10.6. The molecule has 154 valence electrons. The predicted octanol–water partition coefficient (Wildman–Crippen LogP) is 3.17. The molecule has 0 radical (unpaired) electrons. The number of amides is 3. The maximum Gasteiger partial charge on any atom is 0.408 e. The second kappa shape index (κ2) is 10.1. The quantitative estimate of drug-likeness (QED) is 0.663. The van der Waals surface area contributed by atoms with Crippen LogP contribution < -0.4 is 20.7 Å². The van der Waals surface area contributed by atoms with Crippen LogP contribution in [0.25, 0.3) is 0 Å². The maximum absolute atomic E-state index is 11.9. The number of hydrogen-bond acceptors (Lipinski definition) is 5. The fraction of sp³-hybridized carbons (Fsp3) is 0.286. The summed E-state index contributed by atoms with van der Waals surface area (Å²) < 4.78 is 10.4. The standard InChI is InChI=1S/C21H25N3O5/c1-21(2,3)29-20(27)22-13-18(25)23-15-9-11-16(12-10-15)24-19(26)14-28-17-7-5-4-6-8-17/h4-12H,13-14H2,1-3H3,(H,22,27)(H,23,25)(H,24,26). The monoisotopic (exact) mass is 399 g/mol. The molecule has 0 saturated heterocycles. The summed E-state index contributed by atoms with van der Waals surface area (Å²) in [6.07, 6.45) is -0.663. The smallest absolute Gasteiger partial charge is 0.408 e. The molecule has 0 unspecified atom stereocenters. The first-order valence-electron chi connectivity index (χ1n) is 9.06. The van der Waals surface area contributed by atoms with E-state index in [1.54, 1.807) is 57.2 Å². The molecule has 3 amide bonds. The van der Waals surface area contributed by atoms with E-state index in [0.717, 1.165) is 0 Å². The minimum Gasteiger partial charge on any atom is -0.484 e. The van der Waals surface area contributed by atoms with Crippen LogP contribution in [-0.4, -0.2) is 36.7 Å². The third-order valence-corrected chi connectivity index (χ3v) is 3.36. The second-order valence-corrected chi connectivity index (χ2v) is 7.13. The van der Waals surface area contributed by atoms with Crippen molar-refractivity contribution in [3.8, 4) is 5.75 Å². The van der Waals surface area contributed by atoms with Gasteiger partial charge in [-0.2, -0.15) is 0 Å². The van der Waals surface area contributed by atoms with E-state index in [4.69, 9.17) is 9.47 Å². The van der Waals surface area contributed by atoms with Gasteiger partial charge in [0.2, 0.25) is 5.91 Å². The number of carbonyl (C=O) groups is 3. The third-order valence-electron chi connectivity index (χ3n) is 3.36. The summed E-state index contributed by atoms with van der Waals surface area (Å²) in [6.45, 7) is 4.88. The van der Waals surface area contributed by atoms with Gasteiger partial charge in [-0.1, -0.05) is 18.2 Å². The van der Waals surface area contributed by atoms with E-state index in [0.29, 0.717) is 17.1 Å². The Morgan fingerprint density at radius 1 is 0.828 bits per heavy atom. The van der Waals surface area contributed by atoms with Crippen molar-refractivity contribution >= 4 is 29.3 Å². The van der Waals surface area contributed by atoms with E-state index in [1.807, 2.05) is 18.2 Å². The van der Waals surface area contributed by atoms with Gasteiger partial charge >= 0.3 is 6.09 Å². The van der Waals surface area contributed by atoms with Crippen molar-refractivity contribution in [3.05, 3.63) is 54.6 Å². The Labute approximate surface area is 169 Å². The lowest BCUT2D eigenvalue weighted by molar-refractivity contribution is -0.118. The van der Waals surface area contributed by atoms with Crippen LogP contribution >= 0.6 is 0 Å². The Hall–Kier alpha value is -3.55. The first kappa shape index (κ1) is 21.7. The number of alkyl carbamates (subject to hydrolysis) is 1. The fourth-order valence-corrected chi connectivity index (χ4v) is 2.17. The molecular weight excluding hydrogens is 374 g/mol. The molecule has 0 fully saturated rings. The molecule has 0 heterocycles. The largest absolute Gasteiger partial charge is 0.484 e. The Morgan fingerprint density at radius 2 is 1.38 bits per heavy atom. The van der Waals surface area contributed by atoms with Gasteiger partial charge in [0.1, 0.15) is 17.9 Å². The zero-order chi connectivity index (χ0) is 21.3. The number of nitrogens with one attached hydrogen (secondary N) is 3. The summed E-state index contributed by atoms with van der Waals surface area (Å²) in [5.74, 6) is -0.0863. The van der Waals surface area contributed by atoms with Crippen molar-refractivity contribution in [3.63, 3.8) is 0 Å². The van der Waals surface area contributed by atoms with Crippen molar-refractivity contribution in [2.24, 2.45) is 0 Å². The summed E-state index contributed by atoms with van der Waals surface area (Å²) in [4.78, 5) is 35.4. The molecule has 3 N–H and O–H groups in total. The van der Waals surface area contributed by atoms with Crippen molar-refractivity contribution in [1.29, 1.82) is 0 Å². The number of carbonyl (C=O) groups excluding carboxylic acids is 3. The first-order chi connectivity index (χ1) is 13.7. The number of anilines is 2. The second-order valence-electron chi connectivity index (χ2n) is 7.13. The molecule has 29 heavy (non-hydrogen) atoms. The molecule has 0 atom stereocenters. The van der Waals surface area contributed by atoms with Crippen LogP contribution in [0.15, 0.2) is 54.6 Å². The molecule has 2 rings (SSSR count). The maximum atomic E-state index is 11.9. The zero-order valence-corrected chi connectivity index (χ0v) is 16.7. The van der Waals surface area contributed by atoms with Gasteiger partial charge in [0.05, 0.1) is 0 Å². The molecular formula is C21H25N3O5. The third kappa shape index (κ3) is 8.79. The lowest BCUT2D eigenvalue weighted by atomic mass is 10.2. The lowest BCUT2D eigenvalue weighted by Gasteiger charge is -2.19. The van der Waals surface area contributed by atoms with E-state index in [1.165, 1.54) is 0 Å². The van der Waals surface area contributed by atoms with E-state index >= 15 is 0 Å². The zero-order valence-electron chi connectivity index (χ0n) is 16.7. The Morgan fingerprint density at radius 3 is 1.93 bits per heavy atom. The van der Waals surface area contributed by atoms with E-state index < -0.39 is 17.6 Å². The van der Waals surface area contributed by atoms with Crippen LogP contribution in [-0.2, 0) is 14.3 Å². The topological polar surface area (TPSA) is 106 Å². The average molecular weight is 399 g/mol. The van der Waals surface area contributed by atoms with Crippen LogP contribution in [0.4, 0.5) is 16.2 Å². The highest BCUT2D eigenvalue weighted by atomic mass is 16.6. The lowest BCUT2D eigenvalue weighted by Crippen LogP contribution is -2.37. The van der Waals surface area contributed by atoms with Crippen LogP contribution in [0.3, 0.4) is 0 Å². The molecule has 8 heteroatoms. The highest BCUT2D eigenvalue weighted by molar-refractivity contribution is 5.95. The summed E-state index contributed by atoms with van der Waals surface area (Å²) in [5, 5.41) is 7.73. The minimum atomic E-state index is -0.663. The van der Waals surface area contributed by atoms with Gasteiger partial charge in [0.25, 0.3) is 5.91 Å². The molecule has 0 aromatic heterocycles. The highest BCUT2D eigenvalue weighted by Gasteiger charge is 2.16. The van der Waals surface area contributed by atoms with E-state index in [9.17, 15) is 14.4 Å². The van der Waals surface area contributed by atoms with Gasteiger partial charge in [0, 0.05) is 11.4 Å². The van der Waals surface area contributed by atoms with Crippen molar-refractivity contribution < 1.29 is 23.9 Å². The molecule has 8 nitrogen and oxygen atoms in total. The van der Waals surface area contributed by atoms with Gasteiger partial charge in [0.15, 0.2) is 6.61 Å². The van der Waals surface area contributed by atoms with Gasteiger partial charge in [-0.25, -0.2) is 4.79 Å². The average Bonchev–Trinajstić information content (AvgIpc) is 2.66. The summed E-state index contributed by atoms with van der Waals surface area (Å²) in [5.41, 5.74) is 0.462. The number of ether oxygens (including phenoxy) is 2. The molecule has 0 spiro atoms. The molecule has 2 aromatic rings. The molecule has 0 aliphatic rings. The number of hydrogen-bond donors (Lipinski definition) is 3.